The molecule has 0 unspecified atom stereocenters. The third kappa shape index (κ3) is 2.94. The van der Waals surface area contributed by atoms with Gasteiger partial charge in [-0.1, -0.05) is 30.3 Å². The standard InChI is InChI=1S/C18H14O5/c1-21-18(20)17-9-7-13(23-17)11-22-16-8-6-12-4-2-3-5-14(12)15(16)10-19/h2-10H,11H2,1H3. The van der Waals surface area contributed by atoms with Crippen molar-refractivity contribution >= 4 is 23.0 Å². The Labute approximate surface area is 132 Å². The number of furan rings is 1. The number of hydrogen-bond donors (Lipinski definition) is 0. The summed E-state index contributed by atoms with van der Waals surface area (Å²) in [5.41, 5.74) is 0.489. The number of methoxy groups -OCH3 is 1. The van der Waals surface area contributed by atoms with Gasteiger partial charge in [-0.05, 0) is 29.0 Å². The second kappa shape index (κ2) is 6.36. The van der Waals surface area contributed by atoms with Gasteiger partial charge in [0.2, 0.25) is 5.76 Å². The molecule has 0 aliphatic rings. The molecule has 0 amide bonds. The van der Waals surface area contributed by atoms with Crippen LogP contribution in [0, 0.1) is 0 Å². The summed E-state index contributed by atoms with van der Waals surface area (Å²) in [4.78, 5) is 22.8. The molecule has 0 fully saturated rings. The van der Waals surface area contributed by atoms with E-state index in [1.54, 1.807) is 12.1 Å². The molecule has 5 nitrogen and oxygen atoms in total. The van der Waals surface area contributed by atoms with Gasteiger partial charge in [0.15, 0.2) is 6.29 Å². The zero-order valence-electron chi connectivity index (χ0n) is 12.4. The van der Waals surface area contributed by atoms with Crippen LogP contribution in [0.4, 0.5) is 0 Å². The molecule has 0 spiro atoms. The zero-order chi connectivity index (χ0) is 16.2. The van der Waals surface area contributed by atoms with Gasteiger partial charge in [0.25, 0.3) is 0 Å². The van der Waals surface area contributed by atoms with Crippen molar-refractivity contribution in [2.24, 2.45) is 0 Å². The third-order valence-corrected chi connectivity index (χ3v) is 3.47. The maximum atomic E-state index is 11.4. The number of fused-ring (bicyclic) bond motifs is 1. The maximum Gasteiger partial charge on any atom is 0.373 e. The van der Waals surface area contributed by atoms with Crippen molar-refractivity contribution in [3.63, 3.8) is 0 Å². The van der Waals surface area contributed by atoms with E-state index in [1.807, 2.05) is 30.3 Å². The summed E-state index contributed by atoms with van der Waals surface area (Å²) in [6.45, 7) is 0.107. The molecule has 2 aromatic carbocycles. The van der Waals surface area contributed by atoms with Crippen molar-refractivity contribution in [1.82, 2.24) is 0 Å². The first kappa shape index (κ1) is 14.8. The van der Waals surface area contributed by atoms with Gasteiger partial charge in [-0.3, -0.25) is 4.79 Å². The second-order valence-corrected chi connectivity index (χ2v) is 4.86. The van der Waals surface area contributed by atoms with Crippen LogP contribution in [0.5, 0.6) is 5.75 Å². The summed E-state index contributed by atoms with van der Waals surface area (Å²) in [7, 11) is 1.28. The Kier molecular flexibility index (Phi) is 4.10. The molecule has 0 radical (unpaired) electrons. The Bertz CT molecular complexity index is 863. The van der Waals surface area contributed by atoms with E-state index in [0.29, 0.717) is 17.1 Å². The van der Waals surface area contributed by atoms with Crippen molar-refractivity contribution in [3.05, 3.63) is 65.6 Å². The lowest BCUT2D eigenvalue weighted by molar-refractivity contribution is 0.0561. The van der Waals surface area contributed by atoms with E-state index in [0.717, 1.165) is 17.1 Å². The van der Waals surface area contributed by atoms with Crippen LogP contribution in [0.2, 0.25) is 0 Å². The number of benzene rings is 2. The van der Waals surface area contributed by atoms with Gasteiger partial charge in [0, 0.05) is 0 Å². The highest BCUT2D eigenvalue weighted by Gasteiger charge is 2.13. The van der Waals surface area contributed by atoms with Crippen LogP contribution in [0.25, 0.3) is 10.8 Å². The summed E-state index contributed by atoms with van der Waals surface area (Å²) in [5, 5.41) is 1.79. The average Bonchev–Trinajstić information content (AvgIpc) is 3.07. The van der Waals surface area contributed by atoms with Gasteiger partial charge < -0.3 is 13.9 Å². The van der Waals surface area contributed by atoms with Crippen LogP contribution >= 0.6 is 0 Å². The molecule has 0 N–H and O–H groups in total. The van der Waals surface area contributed by atoms with E-state index in [4.69, 9.17) is 9.15 Å². The number of ether oxygens (including phenoxy) is 2. The topological polar surface area (TPSA) is 65.7 Å². The van der Waals surface area contributed by atoms with Crippen molar-refractivity contribution in [3.8, 4) is 5.75 Å². The Morgan fingerprint density at radius 1 is 1.13 bits per heavy atom. The first-order chi connectivity index (χ1) is 11.2. The van der Waals surface area contributed by atoms with Crippen LogP contribution in [0.3, 0.4) is 0 Å². The molecule has 1 aromatic heterocycles. The first-order valence-electron chi connectivity index (χ1n) is 6.99. The van der Waals surface area contributed by atoms with Crippen LogP contribution in [-0.4, -0.2) is 19.4 Å². The fourth-order valence-corrected chi connectivity index (χ4v) is 2.34. The number of carbonyl (C=O) groups excluding carboxylic acids is 2. The third-order valence-electron chi connectivity index (χ3n) is 3.47. The van der Waals surface area contributed by atoms with E-state index >= 15 is 0 Å². The Morgan fingerprint density at radius 2 is 1.96 bits per heavy atom. The zero-order valence-corrected chi connectivity index (χ0v) is 12.4. The predicted molar refractivity (Wildman–Crippen MR) is 83.7 cm³/mol. The van der Waals surface area contributed by atoms with Crippen LogP contribution in [0.1, 0.15) is 26.7 Å². The molecule has 116 valence electrons. The average molecular weight is 310 g/mol. The molecule has 0 aliphatic carbocycles. The van der Waals surface area contributed by atoms with Gasteiger partial charge in [-0.25, -0.2) is 4.79 Å². The molecular formula is C18H14O5. The van der Waals surface area contributed by atoms with Gasteiger partial charge in [-0.2, -0.15) is 0 Å². The predicted octanol–water partition coefficient (Wildman–Crippen LogP) is 3.61. The molecule has 0 saturated heterocycles. The van der Waals surface area contributed by atoms with Crippen LogP contribution < -0.4 is 4.74 Å². The van der Waals surface area contributed by atoms with Crippen LogP contribution in [0.15, 0.2) is 52.9 Å². The summed E-state index contributed by atoms with van der Waals surface area (Å²) in [6, 6.07) is 14.4. The smallest absolute Gasteiger partial charge is 0.373 e. The van der Waals surface area contributed by atoms with Crippen LogP contribution in [-0.2, 0) is 11.3 Å². The van der Waals surface area contributed by atoms with Crippen molar-refractivity contribution in [2.75, 3.05) is 7.11 Å². The number of aldehydes is 1. The maximum absolute atomic E-state index is 11.4. The molecule has 0 saturated carbocycles. The minimum absolute atomic E-state index is 0.107. The second-order valence-electron chi connectivity index (χ2n) is 4.86. The minimum atomic E-state index is -0.546. The minimum Gasteiger partial charge on any atom is -0.485 e. The summed E-state index contributed by atoms with van der Waals surface area (Å²) in [5.74, 6) is 0.501. The number of rotatable bonds is 5. The van der Waals surface area contributed by atoms with Gasteiger partial charge in [0.05, 0.1) is 12.7 Å². The highest BCUT2D eigenvalue weighted by molar-refractivity contribution is 6.00. The monoisotopic (exact) mass is 310 g/mol. The fraction of sp³-hybridized carbons (Fsp3) is 0.111. The lowest BCUT2D eigenvalue weighted by Gasteiger charge is -2.09. The highest BCUT2D eigenvalue weighted by atomic mass is 16.5. The highest BCUT2D eigenvalue weighted by Crippen LogP contribution is 2.27. The van der Waals surface area contributed by atoms with E-state index in [2.05, 4.69) is 4.74 Å². The largest absolute Gasteiger partial charge is 0.485 e. The SMILES string of the molecule is COC(=O)c1ccc(COc2ccc3ccccc3c2C=O)o1. The molecule has 3 aromatic rings. The van der Waals surface area contributed by atoms with Gasteiger partial charge in [-0.15, -0.1) is 0 Å². The Balaban J connectivity index is 1.83. The molecule has 5 heteroatoms. The Morgan fingerprint density at radius 3 is 2.74 bits per heavy atom. The molecule has 0 atom stereocenters. The van der Waals surface area contributed by atoms with Crippen molar-refractivity contribution in [1.29, 1.82) is 0 Å². The van der Waals surface area contributed by atoms with E-state index in [9.17, 15) is 9.59 Å². The lowest BCUT2D eigenvalue weighted by atomic mass is 10.0. The molecule has 0 bridgehead atoms. The number of carbonyl (C=O) groups is 2. The molecule has 0 aliphatic heterocycles. The molecule has 1 heterocycles. The van der Waals surface area contributed by atoms with Gasteiger partial charge >= 0.3 is 5.97 Å². The van der Waals surface area contributed by atoms with E-state index < -0.39 is 5.97 Å². The summed E-state index contributed by atoms with van der Waals surface area (Å²) < 4.78 is 15.6. The summed E-state index contributed by atoms with van der Waals surface area (Å²) in [6.07, 6.45) is 0.777. The van der Waals surface area contributed by atoms with Crippen molar-refractivity contribution in [2.45, 2.75) is 6.61 Å². The first-order valence-corrected chi connectivity index (χ1v) is 6.99. The Hall–Kier alpha value is -3.08. The van der Waals surface area contributed by atoms with E-state index in [1.165, 1.54) is 13.2 Å². The number of hydrogen-bond acceptors (Lipinski definition) is 5. The molecule has 3 rings (SSSR count). The van der Waals surface area contributed by atoms with Crippen molar-refractivity contribution < 1.29 is 23.5 Å². The quantitative estimate of drug-likeness (QED) is 0.532. The fourth-order valence-electron chi connectivity index (χ4n) is 2.34. The number of esters is 1. The lowest BCUT2D eigenvalue weighted by Crippen LogP contribution is -2.00. The summed E-state index contributed by atoms with van der Waals surface area (Å²) >= 11 is 0. The normalized spacial score (nSPS) is 10.5. The van der Waals surface area contributed by atoms with Gasteiger partial charge in [0.1, 0.15) is 18.1 Å². The molecule has 23 heavy (non-hydrogen) atoms. The molecular weight excluding hydrogens is 296 g/mol. The van der Waals surface area contributed by atoms with E-state index in [-0.39, 0.29) is 12.4 Å².